The van der Waals surface area contributed by atoms with Gasteiger partial charge in [-0.25, -0.2) is 9.97 Å². The molecule has 1 amide bonds. The van der Waals surface area contributed by atoms with Gasteiger partial charge in [-0.1, -0.05) is 0 Å². The molecule has 2 saturated heterocycles. The van der Waals surface area contributed by atoms with Gasteiger partial charge in [0.15, 0.2) is 0 Å². The van der Waals surface area contributed by atoms with Crippen LogP contribution in [0.4, 0.5) is 11.6 Å². The minimum atomic E-state index is -0.313. The van der Waals surface area contributed by atoms with Gasteiger partial charge in [-0.15, -0.1) is 0 Å². The molecule has 2 fully saturated rings. The lowest BCUT2D eigenvalue weighted by Gasteiger charge is -2.29. The number of aliphatic hydroxyl groups excluding tert-OH is 1. The van der Waals surface area contributed by atoms with E-state index in [1.807, 2.05) is 29.1 Å². The Bertz CT molecular complexity index is 1240. The number of amides is 1. The molecule has 2 aliphatic rings. The number of carbonyl (C=O) groups is 1. The van der Waals surface area contributed by atoms with Gasteiger partial charge in [0, 0.05) is 55.5 Å². The summed E-state index contributed by atoms with van der Waals surface area (Å²) in [6.07, 6.45) is 8.59. The third kappa shape index (κ3) is 5.96. The Morgan fingerprint density at radius 3 is 2.65 bits per heavy atom. The standard InChI is InChI=1S/C27H31N7O3/c28-11-5-25(19-9-15-37-16-10-19)34-18-21(17-30-34)24-6-12-29-27(32-24)31-22-3-1-20(2-4-22)26(36)33-13-7-23(35)8-14-33/h1-4,6,12,17-19,23,25,35H,5,7-10,13-16H2,(H,29,31,32). The fourth-order valence-electron chi connectivity index (χ4n) is 4.98. The summed E-state index contributed by atoms with van der Waals surface area (Å²) in [7, 11) is 0. The number of rotatable bonds is 7. The number of carbonyl (C=O) groups excluding carboxylic acids is 1. The summed E-state index contributed by atoms with van der Waals surface area (Å²) in [5.41, 5.74) is 2.96. The van der Waals surface area contributed by atoms with E-state index in [0.717, 1.165) is 43.0 Å². The summed E-state index contributed by atoms with van der Waals surface area (Å²) < 4.78 is 7.38. The number of anilines is 2. The maximum Gasteiger partial charge on any atom is 0.253 e. The molecule has 0 saturated carbocycles. The quantitative estimate of drug-likeness (QED) is 0.503. The summed E-state index contributed by atoms with van der Waals surface area (Å²) in [6.45, 7) is 2.59. The molecule has 2 aliphatic heterocycles. The van der Waals surface area contributed by atoms with E-state index >= 15 is 0 Å². The largest absolute Gasteiger partial charge is 0.393 e. The second-order valence-electron chi connectivity index (χ2n) is 9.58. The molecule has 0 aliphatic carbocycles. The first-order chi connectivity index (χ1) is 18.1. The number of hydrogen-bond acceptors (Lipinski definition) is 8. The molecule has 0 spiro atoms. The third-order valence-corrected chi connectivity index (χ3v) is 7.14. The number of aromatic nitrogens is 4. The van der Waals surface area contributed by atoms with Crippen molar-refractivity contribution in [3.05, 3.63) is 54.5 Å². The molecule has 2 N–H and O–H groups in total. The van der Waals surface area contributed by atoms with Crippen molar-refractivity contribution in [3.8, 4) is 17.3 Å². The van der Waals surface area contributed by atoms with Gasteiger partial charge in [0.2, 0.25) is 5.95 Å². The highest BCUT2D eigenvalue weighted by atomic mass is 16.5. The number of likely N-dealkylation sites (tertiary alicyclic amines) is 1. The van der Waals surface area contributed by atoms with Crippen molar-refractivity contribution in [2.75, 3.05) is 31.6 Å². The van der Waals surface area contributed by atoms with Gasteiger partial charge in [0.25, 0.3) is 5.91 Å². The van der Waals surface area contributed by atoms with Crippen molar-refractivity contribution >= 4 is 17.5 Å². The van der Waals surface area contributed by atoms with Crippen molar-refractivity contribution < 1.29 is 14.6 Å². The van der Waals surface area contributed by atoms with Gasteiger partial charge in [-0.3, -0.25) is 9.48 Å². The van der Waals surface area contributed by atoms with Crippen molar-refractivity contribution in [1.29, 1.82) is 5.26 Å². The number of piperidine rings is 1. The van der Waals surface area contributed by atoms with Crippen molar-refractivity contribution in [2.45, 2.75) is 44.2 Å². The number of ether oxygens (including phenoxy) is 1. The molecule has 4 heterocycles. The van der Waals surface area contributed by atoms with Crippen LogP contribution in [0.1, 0.15) is 48.5 Å². The van der Waals surface area contributed by atoms with E-state index in [2.05, 4.69) is 26.5 Å². The Morgan fingerprint density at radius 1 is 1.16 bits per heavy atom. The second-order valence-corrected chi connectivity index (χ2v) is 9.58. The fourth-order valence-corrected chi connectivity index (χ4v) is 4.98. The van der Waals surface area contributed by atoms with Gasteiger partial charge >= 0.3 is 0 Å². The molecular weight excluding hydrogens is 470 g/mol. The van der Waals surface area contributed by atoms with Crippen molar-refractivity contribution in [2.24, 2.45) is 5.92 Å². The molecule has 37 heavy (non-hydrogen) atoms. The Morgan fingerprint density at radius 2 is 1.92 bits per heavy atom. The Kier molecular flexibility index (Phi) is 7.73. The van der Waals surface area contributed by atoms with Gasteiger partial charge < -0.3 is 20.1 Å². The van der Waals surface area contributed by atoms with Crippen LogP contribution in [0.25, 0.3) is 11.3 Å². The average molecular weight is 502 g/mol. The minimum Gasteiger partial charge on any atom is -0.393 e. The van der Waals surface area contributed by atoms with E-state index in [4.69, 9.17) is 4.74 Å². The Hall–Kier alpha value is -3.81. The number of nitrogens with zero attached hydrogens (tertiary/aromatic N) is 6. The molecule has 1 unspecified atom stereocenters. The molecule has 10 heteroatoms. The van der Waals surface area contributed by atoms with Crippen LogP contribution in [0.15, 0.2) is 48.9 Å². The maximum absolute atomic E-state index is 12.7. The van der Waals surface area contributed by atoms with Crippen LogP contribution in [0.3, 0.4) is 0 Å². The molecule has 0 radical (unpaired) electrons. The summed E-state index contributed by atoms with van der Waals surface area (Å²) in [4.78, 5) is 23.5. The maximum atomic E-state index is 12.7. The minimum absolute atomic E-state index is 0.0123. The number of hydrogen-bond donors (Lipinski definition) is 2. The molecule has 1 atom stereocenters. The fraction of sp³-hybridized carbons (Fsp3) is 0.444. The van der Waals surface area contributed by atoms with E-state index in [1.54, 1.807) is 29.4 Å². The summed E-state index contributed by atoms with van der Waals surface area (Å²) >= 11 is 0. The molecule has 2 aromatic heterocycles. The Balaban J connectivity index is 1.26. The Labute approximate surface area is 215 Å². The van der Waals surface area contributed by atoms with Crippen LogP contribution in [0, 0.1) is 17.2 Å². The lowest BCUT2D eigenvalue weighted by Crippen LogP contribution is -2.40. The van der Waals surface area contributed by atoms with Crippen molar-refractivity contribution in [3.63, 3.8) is 0 Å². The SMILES string of the molecule is N#CCC(C1CCOCC1)n1cc(-c2ccnc(Nc3ccc(C(=O)N4CCC(O)CC4)cc3)n2)cn1. The van der Waals surface area contributed by atoms with Crippen LogP contribution in [-0.4, -0.2) is 68.1 Å². The topological polar surface area (TPSA) is 129 Å². The van der Waals surface area contributed by atoms with Gasteiger partial charge in [0.1, 0.15) is 0 Å². The molecule has 0 bridgehead atoms. The van der Waals surface area contributed by atoms with E-state index in [1.165, 1.54) is 0 Å². The van der Waals surface area contributed by atoms with Crippen LogP contribution < -0.4 is 5.32 Å². The number of aliphatic hydroxyl groups is 1. The highest BCUT2D eigenvalue weighted by Crippen LogP contribution is 2.31. The monoisotopic (exact) mass is 501 g/mol. The van der Waals surface area contributed by atoms with Gasteiger partial charge in [-0.2, -0.15) is 10.4 Å². The molecule has 192 valence electrons. The van der Waals surface area contributed by atoms with E-state index in [9.17, 15) is 15.2 Å². The summed E-state index contributed by atoms with van der Waals surface area (Å²) in [6, 6.07) is 11.4. The predicted molar refractivity (Wildman–Crippen MR) is 137 cm³/mol. The highest BCUT2D eigenvalue weighted by molar-refractivity contribution is 5.94. The predicted octanol–water partition coefficient (Wildman–Crippen LogP) is 3.56. The lowest BCUT2D eigenvalue weighted by atomic mass is 9.90. The van der Waals surface area contributed by atoms with Crippen LogP contribution in [0.2, 0.25) is 0 Å². The third-order valence-electron chi connectivity index (χ3n) is 7.14. The smallest absolute Gasteiger partial charge is 0.253 e. The summed E-state index contributed by atoms with van der Waals surface area (Å²) in [5, 5.41) is 26.8. The number of nitrogens with one attached hydrogen (secondary N) is 1. The zero-order valence-electron chi connectivity index (χ0n) is 20.7. The van der Waals surface area contributed by atoms with Crippen molar-refractivity contribution in [1.82, 2.24) is 24.6 Å². The first-order valence-electron chi connectivity index (χ1n) is 12.8. The van der Waals surface area contributed by atoms with E-state index < -0.39 is 0 Å². The molecule has 5 rings (SSSR count). The molecule has 3 aromatic rings. The first kappa shape index (κ1) is 24.9. The average Bonchev–Trinajstić information content (AvgIpc) is 3.43. The number of benzene rings is 1. The zero-order chi connectivity index (χ0) is 25.6. The second kappa shape index (κ2) is 11.5. The first-order valence-corrected chi connectivity index (χ1v) is 12.8. The molecule has 1 aromatic carbocycles. The van der Waals surface area contributed by atoms with Crippen LogP contribution in [-0.2, 0) is 4.74 Å². The van der Waals surface area contributed by atoms with Crippen LogP contribution >= 0.6 is 0 Å². The van der Waals surface area contributed by atoms with E-state index in [-0.39, 0.29) is 18.1 Å². The zero-order valence-corrected chi connectivity index (χ0v) is 20.7. The molecular formula is C27H31N7O3. The normalized spacial score (nSPS) is 17.8. The molecule has 10 nitrogen and oxygen atoms in total. The number of nitriles is 1. The van der Waals surface area contributed by atoms with Gasteiger partial charge in [-0.05, 0) is 61.9 Å². The summed E-state index contributed by atoms with van der Waals surface area (Å²) in [5.74, 6) is 0.775. The lowest BCUT2D eigenvalue weighted by molar-refractivity contribution is 0.0473. The van der Waals surface area contributed by atoms with Gasteiger partial charge in [0.05, 0.1) is 36.5 Å². The highest BCUT2D eigenvalue weighted by Gasteiger charge is 2.26. The van der Waals surface area contributed by atoms with Crippen LogP contribution in [0.5, 0.6) is 0 Å². The van der Waals surface area contributed by atoms with E-state index in [0.29, 0.717) is 49.8 Å².